The maximum absolute atomic E-state index is 12.1. The number of allylic oxidation sites excluding steroid dienone is 1. The zero-order valence-electron chi connectivity index (χ0n) is 19.2. The number of aliphatic hydroxyl groups is 1. The predicted octanol–water partition coefficient (Wildman–Crippen LogP) is 6.21. The highest BCUT2D eigenvalue weighted by atomic mass is 16.4. The van der Waals surface area contributed by atoms with Gasteiger partial charge in [-0.15, -0.1) is 0 Å². The second-order valence-corrected chi connectivity index (χ2v) is 7.46. The van der Waals surface area contributed by atoms with Crippen molar-refractivity contribution in [3.8, 4) is 22.5 Å². The van der Waals surface area contributed by atoms with Crippen molar-refractivity contribution in [3.63, 3.8) is 0 Å². The van der Waals surface area contributed by atoms with Crippen LogP contribution in [0.3, 0.4) is 0 Å². The van der Waals surface area contributed by atoms with Crippen molar-refractivity contribution in [1.29, 1.82) is 0 Å². The number of carbonyl (C=O) groups is 2. The van der Waals surface area contributed by atoms with Crippen molar-refractivity contribution < 1.29 is 29.3 Å². The second kappa shape index (κ2) is 9.62. The van der Waals surface area contributed by atoms with Crippen LogP contribution in [0.4, 0.5) is 0 Å². The molecule has 2 aromatic carbocycles. The third kappa shape index (κ3) is 4.41. The number of rotatable bonds is 4. The van der Waals surface area contributed by atoms with Crippen LogP contribution < -0.4 is 5.43 Å². The molecule has 0 amide bonds. The molecule has 4 rings (SSSR count). The van der Waals surface area contributed by atoms with Gasteiger partial charge < -0.3 is 19.7 Å². The fraction of sp³-hybridized carbons (Fsp3) is 0.148. The fourth-order valence-electron chi connectivity index (χ4n) is 3.84. The van der Waals surface area contributed by atoms with Gasteiger partial charge in [0.15, 0.2) is 5.43 Å². The molecule has 0 aromatic heterocycles. The van der Waals surface area contributed by atoms with Crippen LogP contribution in [-0.2, 0) is 0 Å². The van der Waals surface area contributed by atoms with Gasteiger partial charge >= 0.3 is 11.9 Å². The number of fused-ring (bicyclic) bond motifs is 2. The van der Waals surface area contributed by atoms with Crippen molar-refractivity contribution >= 4 is 29.0 Å². The molecule has 0 fully saturated rings. The Morgan fingerprint density at radius 2 is 1.56 bits per heavy atom. The van der Waals surface area contributed by atoms with Crippen LogP contribution in [0.5, 0.6) is 0 Å². The summed E-state index contributed by atoms with van der Waals surface area (Å²) in [4.78, 5) is 35.5. The topological polar surface area (TPSA) is 125 Å². The van der Waals surface area contributed by atoms with Crippen LogP contribution >= 0.6 is 0 Å². The molecule has 1 heterocycles. The number of aromatic carboxylic acids is 2. The first-order valence-electron chi connectivity index (χ1n) is 10.7. The first-order chi connectivity index (χ1) is 16.2. The van der Waals surface area contributed by atoms with Crippen molar-refractivity contribution in [2.75, 3.05) is 0 Å². The first-order valence-corrected chi connectivity index (χ1v) is 10.7. The highest BCUT2D eigenvalue weighted by molar-refractivity contribution is 6.11. The van der Waals surface area contributed by atoms with Gasteiger partial charge in [-0.1, -0.05) is 26.0 Å². The van der Waals surface area contributed by atoms with E-state index in [4.69, 9.17) is 4.42 Å². The number of aryl methyl sites for hydroxylation is 1. The van der Waals surface area contributed by atoms with Gasteiger partial charge in [0.2, 0.25) is 0 Å². The smallest absolute Gasteiger partial charge is 0.336 e. The van der Waals surface area contributed by atoms with E-state index in [1.54, 1.807) is 24.3 Å². The Kier molecular flexibility index (Phi) is 6.86. The monoisotopic (exact) mass is 460 g/mol. The largest absolute Gasteiger partial charge is 0.513 e. The van der Waals surface area contributed by atoms with Gasteiger partial charge in [0, 0.05) is 22.6 Å². The number of carboxylic acids is 2. The zero-order valence-corrected chi connectivity index (χ0v) is 19.2. The summed E-state index contributed by atoms with van der Waals surface area (Å²) < 4.78 is 5.98. The van der Waals surface area contributed by atoms with E-state index in [9.17, 15) is 29.7 Å². The van der Waals surface area contributed by atoms with Gasteiger partial charge in [-0.3, -0.25) is 4.79 Å². The highest BCUT2D eigenvalue weighted by Crippen LogP contribution is 2.43. The molecule has 0 atom stereocenters. The van der Waals surface area contributed by atoms with Gasteiger partial charge in [0.25, 0.3) is 0 Å². The lowest BCUT2D eigenvalue weighted by atomic mass is 9.87. The van der Waals surface area contributed by atoms with E-state index < -0.39 is 11.9 Å². The normalized spacial score (nSPS) is 11.2. The Hall–Kier alpha value is -4.39. The molecule has 0 unspecified atom stereocenters. The van der Waals surface area contributed by atoms with E-state index in [0.29, 0.717) is 27.7 Å². The summed E-state index contributed by atoms with van der Waals surface area (Å²) in [5, 5.41) is 29.7. The van der Waals surface area contributed by atoms with E-state index in [1.807, 2.05) is 20.8 Å². The van der Waals surface area contributed by atoms with Crippen molar-refractivity contribution in [1.82, 2.24) is 0 Å². The molecule has 174 valence electrons. The fourth-order valence-corrected chi connectivity index (χ4v) is 3.84. The Bertz CT molecular complexity index is 1470. The maximum atomic E-state index is 12.1. The molecule has 7 nitrogen and oxygen atoms in total. The van der Waals surface area contributed by atoms with Gasteiger partial charge in [0.1, 0.15) is 11.3 Å². The molecule has 3 N–H and O–H groups in total. The molecule has 0 saturated carbocycles. The molecule has 2 aliphatic rings. The van der Waals surface area contributed by atoms with E-state index >= 15 is 0 Å². The molecule has 0 spiro atoms. The SMILES string of the molecule is C/C(O)=C\c1c(C)ccc2oc3cc(=O)ccc-3c(-c3ccc(C(=O)O)cc3C(=O)O)c12.CC. The molecular weight excluding hydrogens is 436 g/mol. The number of hydrogen-bond acceptors (Lipinski definition) is 5. The van der Waals surface area contributed by atoms with Gasteiger partial charge in [-0.25, -0.2) is 9.59 Å². The minimum Gasteiger partial charge on any atom is -0.513 e. The molecule has 0 saturated heterocycles. The Morgan fingerprint density at radius 3 is 2.18 bits per heavy atom. The first kappa shape index (κ1) is 24.3. The summed E-state index contributed by atoms with van der Waals surface area (Å²) in [5.41, 5.74) is 2.38. The van der Waals surface area contributed by atoms with E-state index in [-0.39, 0.29) is 33.6 Å². The summed E-state index contributed by atoms with van der Waals surface area (Å²) in [6, 6.07) is 11.6. The quantitative estimate of drug-likeness (QED) is 0.244. The van der Waals surface area contributed by atoms with Crippen LogP contribution in [0, 0.1) is 6.92 Å². The molecule has 7 heteroatoms. The number of benzene rings is 3. The lowest BCUT2D eigenvalue weighted by Crippen LogP contribution is -2.06. The van der Waals surface area contributed by atoms with E-state index in [2.05, 4.69) is 0 Å². The van der Waals surface area contributed by atoms with Gasteiger partial charge in [0.05, 0.1) is 16.9 Å². The summed E-state index contributed by atoms with van der Waals surface area (Å²) in [6.45, 7) is 7.36. The lowest BCUT2D eigenvalue weighted by Gasteiger charge is -2.19. The lowest BCUT2D eigenvalue weighted by molar-refractivity contribution is 0.0696. The molecular formula is C27H24O7. The van der Waals surface area contributed by atoms with Crippen LogP contribution in [0.25, 0.3) is 39.5 Å². The average Bonchev–Trinajstić information content (AvgIpc) is 2.80. The van der Waals surface area contributed by atoms with E-state index in [1.165, 1.54) is 31.2 Å². The number of hydrogen-bond donors (Lipinski definition) is 3. The standard InChI is InChI=1S/C25H18O7.C2H6/c1-12-3-8-20-23(18(12)9-13(2)26)22(17-7-5-15(27)11-21(17)32-20)16-6-4-14(24(28)29)10-19(16)25(30)31;1-2/h3-11,26H,1-2H3,(H,28,29)(H,30,31);1-2H3/b13-9+;. The number of aliphatic hydroxyl groups excluding tert-OH is 1. The van der Waals surface area contributed by atoms with E-state index in [0.717, 1.165) is 11.6 Å². The summed E-state index contributed by atoms with van der Waals surface area (Å²) >= 11 is 0. The van der Waals surface area contributed by atoms with Crippen molar-refractivity contribution in [3.05, 3.63) is 86.8 Å². The number of carboxylic acid groups (broad SMARTS) is 2. The highest BCUT2D eigenvalue weighted by Gasteiger charge is 2.24. The maximum Gasteiger partial charge on any atom is 0.336 e. The Labute approximate surface area is 195 Å². The summed E-state index contributed by atoms with van der Waals surface area (Å²) in [7, 11) is 0. The third-order valence-corrected chi connectivity index (χ3v) is 5.24. The second-order valence-electron chi connectivity index (χ2n) is 7.46. The average molecular weight is 460 g/mol. The molecule has 34 heavy (non-hydrogen) atoms. The van der Waals surface area contributed by atoms with Gasteiger partial charge in [-0.05, 0) is 66.9 Å². The minimum atomic E-state index is -1.30. The van der Waals surface area contributed by atoms with Crippen molar-refractivity contribution in [2.24, 2.45) is 0 Å². The van der Waals surface area contributed by atoms with Crippen LogP contribution in [0.1, 0.15) is 52.6 Å². The van der Waals surface area contributed by atoms with Crippen LogP contribution in [-0.4, -0.2) is 27.3 Å². The Morgan fingerprint density at radius 1 is 0.882 bits per heavy atom. The third-order valence-electron chi connectivity index (χ3n) is 5.24. The zero-order chi connectivity index (χ0) is 25.2. The molecule has 0 bridgehead atoms. The molecule has 1 aliphatic heterocycles. The van der Waals surface area contributed by atoms with Gasteiger partial charge in [-0.2, -0.15) is 0 Å². The van der Waals surface area contributed by atoms with Crippen LogP contribution in [0.2, 0.25) is 0 Å². The minimum absolute atomic E-state index is 0.0428. The Balaban J connectivity index is 0.00000158. The molecule has 2 aromatic rings. The summed E-state index contributed by atoms with van der Waals surface area (Å²) in [6.07, 6.45) is 1.55. The predicted molar refractivity (Wildman–Crippen MR) is 131 cm³/mol. The molecule has 0 radical (unpaired) electrons. The van der Waals surface area contributed by atoms with Crippen molar-refractivity contribution in [2.45, 2.75) is 27.7 Å². The van der Waals surface area contributed by atoms with Crippen LogP contribution in [0.15, 0.2) is 63.5 Å². The molecule has 1 aliphatic carbocycles. The summed E-state index contributed by atoms with van der Waals surface area (Å²) in [5.74, 6) is -2.24.